The molecule has 0 unspecified atom stereocenters. The molecule has 0 aliphatic rings. The number of carboxylic acids is 1. The van der Waals surface area contributed by atoms with Gasteiger partial charge >= 0.3 is 5.97 Å². The van der Waals surface area contributed by atoms with Crippen molar-refractivity contribution in [3.8, 4) is 0 Å². The zero-order chi connectivity index (χ0) is 20.0. The van der Waals surface area contributed by atoms with E-state index in [2.05, 4.69) is 4.72 Å². The number of nitrogens with one attached hydrogen (secondary N) is 1. The third-order valence-electron chi connectivity index (χ3n) is 4.12. The highest BCUT2D eigenvalue weighted by Gasteiger charge is 2.27. The Labute approximate surface area is 158 Å². The van der Waals surface area contributed by atoms with Crippen LogP contribution in [0.5, 0.6) is 0 Å². The second-order valence-electron chi connectivity index (χ2n) is 5.81. The predicted molar refractivity (Wildman–Crippen MR) is 101 cm³/mol. The van der Waals surface area contributed by atoms with Crippen LogP contribution in [-0.2, 0) is 14.8 Å². The van der Waals surface area contributed by atoms with Crippen LogP contribution >= 0.6 is 0 Å². The molecule has 0 aliphatic heterocycles. The maximum Gasteiger partial charge on any atom is 0.326 e. The monoisotopic (exact) mass is 390 g/mol. The summed E-state index contributed by atoms with van der Waals surface area (Å²) >= 11 is 0. The number of nitrogens with zero attached hydrogens (tertiary/aromatic N) is 1. The largest absolute Gasteiger partial charge is 0.480 e. The Morgan fingerprint density at radius 2 is 1.56 bits per heavy atom. The Hall–Kier alpha value is -2.71. The Morgan fingerprint density at radius 1 is 1.00 bits per heavy atom. The van der Waals surface area contributed by atoms with Gasteiger partial charge in [-0.2, -0.15) is 4.72 Å². The summed E-state index contributed by atoms with van der Waals surface area (Å²) in [5.41, 5.74) is 0.692. The average molecular weight is 390 g/mol. The van der Waals surface area contributed by atoms with Crippen LogP contribution in [-0.4, -0.2) is 43.4 Å². The lowest BCUT2D eigenvalue weighted by Crippen LogP contribution is -2.34. The molecule has 0 saturated carbocycles. The number of sulfonamides is 1. The van der Waals surface area contributed by atoms with Gasteiger partial charge in [-0.3, -0.25) is 9.59 Å². The third-order valence-corrected chi connectivity index (χ3v) is 5.55. The van der Waals surface area contributed by atoms with E-state index < -0.39 is 22.0 Å². The highest BCUT2D eigenvalue weighted by atomic mass is 32.2. The van der Waals surface area contributed by atoms with E-state index in [4.69, 9.17) is 0 Å². The van der Waals surface area contributed by atoms with E-state index in [9.17, 15) is 23.1 Å². The summed E-state index contributed by atoms with van der Waals surface area (Å²) in [6.45, 7) is 4.82. The number of rotatable bonds is 8. The first-order chi connectivity index (χ1) is 12.8. The minimum absolute atomic E-state index is 0.110. The van der Waals surface area contributed by atoms with Gasteiger partial charge < -0.3 is 10.0 Å². The molecule has 2 aromatic carbocycles. The van der Waals surface area contributed by atoms with Crippen molar-refractivity contribution in [3.05, 3.63) is 65.7 Å². The molecular formula is C19H22N2O5S. The fourth-order valence-electron chi connectivity index (χ4n) is 2.60. The quantitative estimate of drug-likeness (QED) is 0.720. The average Bonchev–Trinajstić information content (AvgIpc) is 2.67. The minimum atomic E-state index is -4.08. The van der Waals surface area contributed by atoms with Crippen LogP contribution in [0.3, 0.4) is 0 Å². The van der Waals surface area contributed by atoms with Crippen LogP contribution in [0.1, 0.15) is 35.8 Å². The third kappa shape index (κ3) is 4.93. The van der Waals surface area contributed by atoms with Gasteiger partial charge in [0.25, 0.3) is 5.91 Å². The molecule has 27 heavy (non-hydrogen) atoms. The van der Waals surface area contributed by atoms with E-state index in [1.54, 1.807) is 23.1 Å². The molecule has 144 valence electrons. The van der Waals surface area contributed by atoms with Gasteiger partial charge in [0.05, 0.1) is 4.90 Å². The second-order valence-corrected chi connectivity index (χ2v) is 7.52. The van der Waals surface area contributed by atoms with Crippen molar-refractivity contribution in [1.29, 1.82) is 0 Å². The molecular weight excluding hydrogens is 368 g/mol. The van der Waals surface area contributed by atoms with E-state index in [1.165, 1.54) is 36.4 Å². The van der Waals surface area contributed by atoms with Crippen molar-refractivity contribution in [1.82, 2.24) is 9.62 Å². The fourth-order valence-corrected chi connectivity index (χ4v) is 3.78. The highest BCUT2D eigenvalue weighted by Crippen LogP contribution is 2.18. The molecule has 2 aromatic rings. The molecule has 0 bridgehead atoms. The molecule has 0 heterocycles. The summed E-state index contributed by atoms with van der Waals surface area (Å²) in [5, 5.41) is 9.39. The number of hydrogen-bond donors (Lipinski definition) is 2. The van der Waals surface area contributed by atoms with Crippen molar-refractivity contribution < 1.29 is 23.1 Å². The maximum absolute atomic E-state index is 12.6. The minimum Gasteiger partial charge on any atom is -0.480 e. The lowest BCUT2D eigenvalue weighted by molar-refractivity contribution is -0.139. The first-order valence-corrected chi connectivity index (χ1v) is 9.97. The summed E-state index contributed by atoms with van der Waals surface area (Å²) in [6, 6.07) is 12.1. The second kappa shape index (κ2) is 8.79. The molecule has 0 spiro atoms. The van der Waals surface area contributed by atoms with Gasteiger partial charge in [0.15, 0.2) is 0 Å². The number of carbonyl (C=O) groups is 2. The Balaban J connectivity index is 2.26. The Bertz CT molecular complexity index is 891. The van der Waals surface area contributed by atoms with Crippen molar-refractivity contribution in [2.45, 2.75) is 24.8 Å². The van der Waals surface area contributed by atoms with E-state index in [0.29, 0.717) is 24.2 Å². The lowest BCUT2D eigenvalue weighted by atomic mass is 10.1. The van der Waals surface area contributed by atoms with Gasteiger partial charge in [-0.05, 0) is 43.7 Å². The summed E-state index contributed by atoms with van der Waals surface area (Å²) < 4.78 is 27.4. The molecule has 1 atom stereocenters. The SMILES string of the molecule is CCN(CC)C(=O)c1ccc(S(=O)(=O)N[C@H](C(=O)O)c2ccccc2)cc1. The van der Waals surface area contributed by atoms with E-state index >= 15 is 0 Å². The first-order valence-electron chi connectivity index (χ1n) is 8.49. The zero-order valence-corrected chi connectivity index (χ0v) is 15.9. The normalized spacial score (nSPS) is 12.4. The first kappa shape index (κ1) is 20.6. The number of hydrogen-bond acceptors (Lipinski definition) is 4. The van der Waals surface area contributed by atoms with Crippen LogP contribution in [0, 0.1) is 0 Å². The molecule has 7 nitrogen and oxygen atoms in total. The summed E-state index contributed by atoms with van der Waals surface area (Å²) in [7, 11) is -4.08. The topological polar surface area (TPSA) is 104 Å². The molecule has 2 rings (SSSR count). The molecule has 8 heteroatoms. The summed E-state index contributed by atoms with van der Waals surface area (Å²) in [5.74, 6) is -1.50. The van der Waals surface area contributed by atoms with Crippen LogP contribution in [0.15, 0.2) is 59.5 Å². The molecule has 0 aromatic heterocycles. The number of carbonyl (C=O) groups excluding carboxylic acids is 1. The van der Waals surface area contributed by atoms with Gasteiger partial charge in [-0.25, -0.2) is 8.42 Å². The molecule has 0 aliphatic carbocycles. The molecule has 2 N–H and O–H groups in total. The van der Waals surface area contributed by atoms with Gasteiger partial charge in [0.2, 0.25) is 10.0 Å². The van der Waals surface area contributed by atoms with Crippen LogP contribution < -0.4 is 4.72 Å². The van der Waals surface area contributed by atoms with Gasteiger partial charge in [-0.1, -0.05) is 30.3 Å². The molecule has 0 fully saturated rings. The van der Waals surface area contributed by atoms with E-state index in [1.807, 2.05) is 13.8 Å². The zero-order valence-electron chi connectivity index (χ0n) is 15.1. The van der Waals surface area contributed by atoms with Crippen molar-refractivity contribution in [2.75, 3.05) is 13.1 Å². The van der Waals surface area contributed by atoms with Crippen LogP contribution in [0.2, 0.25) is 0 Å². The van der Waals surface area contributed by atoms with Gasteiger partial charge in [0, 0.05) is 18.7 Å². The molecule has 1 amide bonds. The summed E-state index contributed by atoms with van der Waals surface area (Å²) in [6.07, 6.45) is 0. The standard InChI is InChI=1S/C19H22N2O5S/c1-3-21(4-2)18(22)15-10-12-16(13-11-15)27(25,26)20-17(19(23)24)14-8-6-5-7-9-14/h5-13,17,20H,3-4H2,1-2H3,(H,23,24)/t17-/m0/s1. The van der Waals surface area contributed by atoms with E-state index in [-0.39, 0.29) is 10.8 Å². The van der Waals surface area contributed by atoms with E-state index in [0.717, 1.165) is 0 Å². The Kier molecular flexibility index (Phi) is 6.70. The molecule has 0 saturated heterocycles. The van der Waals surface area contributed by atoms with Crippen LogP contribution in [0.25, 0.3) is 0 Å². The summed E-state index contributed by atoms with van der Waals surface area (Å²) in [4.78, 5) is 25.3. The van der Waals surface area contributed by atoms with Crippen molar-refractivity contribution in [2.24, 2.45) is 0 Å². The van der Waals surface area contributed by atoms with Crippen molar-refractivity contribution in [3.63, 3.8) is 0 Å². The maximum atomic E-state index is 12.6. The number of amides is 1. The van der Waals surface area contributed by atoms with Crippen molar-refractivity contribution >= 4 is 21.9 Å². The predicted octanol–water partition coefficient (Wildman–Crippen LogP) is 2.27. The smallest absolute Gasteiger partial charge is 0.326 e. The van der Waals surface area contributed by atoms with Crippen LogP contribution in [0.4, 0.5) is 0 Å². The Morgan fingerprint density at radius 3 is 2.04 bits per heavy atom. The number of carboxylic acid groups (broad SMARTS) is 1. The highest BCUT2D eigenvalue weighted by molar-refractivity contribution is 7.89. The molecule has 0 radical (unpaired) electrons. The van der Waals surface area contributed by atoms with Gasteiger partial charge in [-0.15, -0.1) is 0 Å². The number of aliphatic carboxylic acids is 1. The fraction of sp³-hybridized carbons (Fsp3) is 0.263. The number of benzene rings is 2. The lowest BCUT2D eigenvalue weighted by Gasteiger charge is -2.19. The van der Waals surface area contributed by atoms with Gasteiger partial charge in [0.1, 0.15) is 6.04 Å².